The molecule has 0 heterocycles. The first kappa shape index (κ1) is 46.3. The van der Waals surface area contributed by atoms with Crippen LogP contribution in [0.3, 0.4) is 0 Å². The van der Waals surface area contributed by atoms with E-state index in [-0.39, 0.29) is 36.2 Å². The summed E-state index contributed by atoms with van der Waals surface area (Å²) in [4.78, 5) is 36.7. The zero-order valence-corrected chi connectivity index (χ0v) is 31.9. The smallest absolute Gasteiger partial charge is 0.362 e. The van der Waals surface area contributed by atoms with Crippen molar-refractivity contribution in [2.24, 2.45) is 0 Å². The molecule has 1 N–H and O–H groups in total. The van der Waals surface area contributed by atoms with Crippen molar-refractivity contribution >= 4 is 17.9 Å². The normalized spacial score (nSPS) is 13.6. The number of esters is 2. The molecule has 8 nitrogen and oxygen atoms in total. The highest BCUT2D eigenvalue weighted by Crippen LogP contribution is 2.13. The van der Waals surface area contributed by atoms with E-state index >= 15 is 0 Å². The van der Waals surface area contributed by atoms with Gasteiger partial charge in [0, 0.05) is 19.3 Å². The van der Waals surface area contributed by atoms with Gasteiger partial charge in [-0.25, -0.2) is 4.79 Å². The van der Waals surface area contributed by atoms with Crippen molar-refractivity contribution in [1.29, 1.82) is 0 Å². The van der Waals surface area contributed by atoms with E-state index < -0.39 is 18.1 Å². The lowest BCUT2D eigenvalue weighted by molar-refractivity contribution is -0.887. The molecule has 0 aromatic rings. The van der Waals surface area contributed by atoms with Crippen LogP contribution in [0.25, 0.3) is 0 Å². The van der Waals surface area contributed by atoms with Crippen LogP contribution < -0.4 is 0 Å². The van der Waals surface area contributed by atoms with Crippen molar-refractivity contribution in [3.8, 4) is 0 Å². The predicted molar refractivity (Wildman–Crippen MR) is 201 cm³/mol. The maximum Gasteiger partial charge on any atom is 0.362 e. The van der Waals surface area contributed by atoms with Crippen molar-refractivity contribution in [2.45, 2.75) is 154 Å². The number of hydrogen-bond donors (Lipinski definition) is 1. The molecule has 8 heteroatoms. The number of rotatable bonds is 33. The van der Waals surface area contributed by atoms with Crippen molar-refractivity contribution < 1.29 is 38.2 Å². The van der Waals surface area contributed by atoms with Gasteiger partial charge in [0.1, 0.15) is 6.61 Å². The Kier molecular flexibility index (Phi) is 30.7. The Bertz CT molecular complexity index is 948. The summed E-state index contributed by atoms with van der Waals surface area (Å²) < 4.78 is 17.2. The van der Waals surface area contributed by atoms with Crippen LogP contribution in [-0.2, 0) is 28.6 Å². The summed E-state index contributed by atoms with van der Waals surface area (Å²) in [5.74, 6) is -1.50. The second-order valence-corrected chi connectivity index (χ2v) is 13.9. The maximum absolute atomic E-state index is 12.6. The lowest BCUT2D eigenvalue weighted by atomic mass is 10.1. The average Bonchev–Trinajstić information content (AvgIpc) is 3.05. The molecule has 0 rings (SSSR count). The van der Waals surface area contributed by atoms with Crippen LogP contribution >= 0.6 is 0 Å². The molecule has 0 aliphatic carbocycles. The minimum absolute atomic E-state index is 0.0512. The zero-order chi connectivity index (χ0) is 36.4. The number of hydrogen-bond acceptors (Lipinski definition) is 6. The number of carbonyl (C=O) groups is 3. The van der Waals surface area contributed by atoms with Crippen molar-refractivity contribution in [3.05, 3.63) is 48.6 Å². The standard InChI is InChI=1S/C41H71NO7/c1-6-8-10-12-14-16-18-19-20-21-22-24-26-28-30-32-40(44)49-37(35-47-34-33-38(41(45)46)42(3,4)5)36-48-39(43)31-29-27-25-23-17-15-13-11-9-7-2/h8,10,12,14,16,18-20,37-38H,6-7,9,11,13,15,17,21-36H2,1-5H3/p+1/b10-8+,14-12+,18-16+,20-19+. The van der Waals surface area contributed by atoms with E-state index in [1.54, 1.807) is 0 Å². The maximum atomic E-state index is 12.6. The summed E-state index contributed by atoms with van der Waals surface area (Å²) in [7, 11) is 5.50. The number of quaternary nitrogens is 1. The Morgan fingerprint density at radius 2 is 1.14 bits per heavy atom. The quantitative estimate of drug-likeness (QED) is 0.0317. The third-order valence-corrected chi connectivity index (χ3v) is 8.34. The van der Waals surface area contributed by atoms with E-state index in [4.69, 9.17) is 14.2 Å². The van der Waals surface area contributed by atoms with Crippen LogP contribution in [0.15, 0.2) is 48.6 Å². The fourth-order valence-corrected chi connectivity index (χ4v) is 5.34. The van der Waals surface area contributed by atoms with Crippen LogP contribution in [0.5, 0.6) is 0 Å². The number of allylic oxidation sites excluding steroid dienone is 8. The molecule has 0 saturated heterocycles. The number of unbranched alkanes of at least 4 members (excludes halogenated alkanes) is 14. The fraction of sp³-hybridized carbons (Fsp3) is 0.732. The number of likely N-dealkylation sites (N-methyl/N-ethyl adjacent to an activating group) is 1. The van der Waals surface area contributed by atoms with Gasteiger partial charge >= 0.3 is 17.9 Å². The van der Waals surface area contributed by atoms with E-state index in [0.717, 1.165) is 64.2 Å². The zero-order valence-electron chi connectivity index (χ0n) is 31.9. The second kappa shape index (κ2) is 32.5. The van der Waals surface area contributed by atoms with Crippen LogP contribution in [0.4, 0.5) is 0 Å². The summed E-state index contributed by atoms with van der Waals surface area (Å²) in [5.41, 5.74) is 0. The molecule has 0 fully saturated rings. The first-order valence-electron chi connectivity index (χ1n) is 19.2. The SMILES string of the molecule is CC/C=C/C=C/C=C/C=C/CCCCCCCC(=O)OC(COCCC(C(=O)O)[N+](C)(C)C)COC(=O)CCCCCCCCCCCC. The number of aliphatic carboxylic acids is 1. The van der Waals surface area contributed by atoms with Gasteiger partial charge in [-0.1, -0.05) is 140 Å². The molecule has 2 atom stereocenters. The molecule has 0 saturated carbocycles. The van der Waals surface area contributed by atoms with Gasteiger partial charge in [-0.3, -0.25) is 9.59 Å². The highest BCUT2D eigenvalue weighted by molar-refractivity contribution is 5.72. The number of carboxylic acids is 1. The number of nitrogens with zero attached hydrogens (tertiary/aromatic N) is 1. The molecule has 2 unspecified atom stereocenters. The number of carbonyl (C=O) groups excluding carboxylic acids is 2. The van der Waals surface area contributed by atoms with Gasteiger partial charge in [0.25, 0.3) is 0 Å². The van der Waals surface area contributed by atoms with Gasteiger partial charge in [-0.05, 0) is 32.1 Å². The summed E-state index contributed by atoms with van der Waals surface area (Å²) in [6, 6.07) is -0.617. The Balaban J connectivity index is 4.47. The molecular weight excluding hydrogens is 618 g/mol. The summed E-state index contributed by atoms with van der Waals surface area (Å²) in [5, 5.41) is 9.58. The lowest BCUT2D eigenvalue weighted by Gasteiger charge is -2.31. The fourth-order valence-electron chi connectivity index (χ4n) is 5.34. The summed E-state index contributed by atoms with van der Waals surface area (Å²) in [6.07, 6.45) is 35.8. The van der Waals surface area contributed by atoms with E-state index in [2.05, 4.69) is 32.1 Å². The van der Waals surface area contributed by atoms with E-state index in [9.17, 15) is 19.5 Å². The van der Waals surface area contributed by atoms with Crippen LogP contribution in [0, 0.1) is 0 Å². The van der Waals surface area contributed by atoms with Crippen molar-refractivity contribution in [3.63, 3.8) is 0 Å². The third-order valence-electron chi connectivity index (χ3n) is 8.34. The third kappa shape index (κ3) is 31.0. The molecule has 0 amide bonds. The highest BCUT2D eigenvalue weighted by Gasteiger charge is 2.31. The second-order valence-electron chi connectivity index (χ2n) is 13.9. The van der Waals surface area contributed by atoms with Crippen LogP contribution in [-0.4, -0.2) is 80.6 Å². The Morgan fingerprint density at radius 3 is 1.69 bits per heavy atom. The van der Waals surface area contributed by atoms with Gasteiger partial charge < -0.3 is 23.8 Å². The molecule has 0 spiro atoms. The van der Waals surface area contributed by atoms with Crippen molar-refractivity contribution in [2.75, 3.05) is 41.0 Å². The Morgan fingerprint density at radius 1 is 0.633 bits per heavy atom. The first-order valence-corrected chi connectivity index (χ1v) is 19.2. The molecular formula is C41H72NO7+. The number of ether oxygens (including phenoxy) is 3. The minimum Gasteiger partial charge on any atom is -0.477 e. The Hall–Kier alpha value is -2.71. The molecule has 282 valence electrons. The molecule has 0 aliphatic rings. The van der Waals surface area contributed by atoms with Gasteiger partial charge in [0.15, 0.2) is 12.1 Å². The lowest BCUT2D eigenvalue weighted by Crippen LogP contribution is -2.50. The van der Waals surface area contributed by atoms with E-state index in [0.29, 0.717) is 19.3 Å². The molecule has 0 radical (unpaired) electrons. The van der Waals surface area contributed by atoms with Crippen LogP contribution in [0.1, 0.15) is 142 Å². The summed E-state index contributed by atoms with van der Waals surface area (Å²) >= 11 is 0. The monoisotopic (exact) mass is 691 g/mol. The molecule has 49 heavy (non-hydrogen) atoms. The predicted octanol–water partition coefficient (Wildman–Crippen LogP) is 9.68. The molecule has 0 aromatic carbocycles. The minimum atomic E-state index is -0.882. The number of carboxylic acid groups (broad SMARTS) is 1. The Labute approximate surface area is 299 Å². The van der Waals surface area contributed by atoms with E-state index in [1.165, 1.54) is 44.9 Å². The van der Waals surface area contributed by atoms with Crippen LogP contribution in [0.2, 0.25) is 0 Å². The molecule has 0 aliphatic heterocycles. The van der Waals surface area contributed by atoms with Gasteiger partial charge in [0.05, 0.1) is 34.4 Å². The van der Waals surface area contributed by atoms with Crippen molar-refractivity contribution in [1.82, 2.24) is 0 Å². The first-order chi connectivity index (χ1) is 23.6. The topological polar surface area (TPSA) is 99.1 Å². The van der Waals surface area contributed by atoms with Gasteiger partial charge in [0.2, 0.25) is 0 Å². The highest BCUT2D eigenvalue weighted by atomic mass is 16.6. The largest absolute Gasteiger partial charge is 0.477 e. The van der Waals surface area contributed by atoms with E-state index in [1.807, 2.05) is 51.5 Å². The summed E-state index contributed by atoms with van der Waals surface area (Å²) in [6.45, 7) is 4.54. The molecule has 0 bridgehead atoms. The molecule has 0 aromatic heterocycles. The average molecular weight is 691 g/mol. The van der Waals surface area contributed by atoms with Gasteiger partial charge in [-0.2, -0.15) is 0 Å². The van der Waals surface area contributed by atoms with Gasteiger partial charge in [-0.15, -0.1) is 0 Å².